The lowest BCUT2D eigenvalue weighted by Gasteiger charge is -2.36. The highest BCUT2D eigenvalue weighted by atomic mass is 28.4. The van der Waals surface area contributed by atoms with Crippen LogP contribution in [-0.2, 0) is 6.54 Å². The molecule has 3 nitrogen and oxygen atoms in total. The maximum absolute atomic E-state index is 14.1. The molecule has 0 aromatic heterocycles. The molecule has 2 aromatic rings. The summed E-state index contributed by atoms with van der Waals surface area (Å²) >= 11 is 0. The summed E-state index contributed by atoms with van der Waals surface area (Å²) in [5, 5.41) is 0.106. The molecular formula is C19H27FN2OSi. The van der Waals surface area contributed by atoms with Gasteiger partial charge in [-0.25, -0.2) is 9.82 Å². The Bertz CT molecular complexity index is 669. The highest BCUT2D eigenvalue weighted by Crippen LogP contribution is 2.37. The smallest absolute Gasteiger partial charge is 0.250 e. The van der Waals surface area contributed by atoms with E-state index in [4.69, 9.17) is 4.43 Å². The van der Waals surface area contributed by atoms with Gasteiger partial charge in [0.25, 0.3) is 0 Å². The van der Waals surface area contributed by atoms with Crippen LogP contribution in [0.1, 0.15) is 26.3 Å². The average Bonchev–Trinajstić information content (AvgIpc) is 2.50. The zero-order chi connectivity index (χ0) is 17.8. The molecule has 5 heteroatoms. The average molecular weight is 347 g/mol. The van der Waals surface area contributed by atoms with Gasteiger partial charge in [-0.15, -0.1) is 0 Å². The van der Waals surface area contributed by atoms with Crippen LogP contribution in [0.3, 0.4) is 0 Å². The van der Waals surface area contributed by atoms with Gasteiger partial charge in [-0.1, -0.05) is 39.0 Å². The van der Waals surface area contributed by atoms with Crippen LogP contribution in [0, 0.1) is 5.82 Å². The van der Waals surface area contributed by atoms with Crippen molar-refractivity contribution in [3.05, 3.63) is 59.9 Å². The highest BCUT2D eigenvalue weighted by molar-refractivity contribution is 6.74. The van der Waals surface area contributed by atoms with E-state index in [-0.39, 0.29) is 10.9 Å². The lowest BCUT2D eigenvalue weighted by Crippen LogP contribution is -2.43. The summed E-state index contributed by atoms with van der Waals surface area (Å²) in [6.45, 7) is 11.3. The van der Waals surface area contributed by atoms with E-state index < -0.39 is 8.32 Å². The number of anilines is 1. The van der Waals surface area contributed by atoms with Crippen molar-refractivity contribution < 1.29 is 8.82 Å². The van der Waals surface area contributed by atoms with Crippen molar-refractivity contribution in [1.82, 2.24) is 5.43 Å². The van der Waals surface area contributed by atoms with Gasteiger partial charge in [0.1, 0.15) is 11.6 Å². The summed E-state index contributed by atoms with van der Waals surface area (Å²) in [5.74, 6) is 0.499. The first-order chi connectivity index (χ1) is 11.2. The predicted molar refractivity (Wildman–Crippen MR) is 101 cm³/mol. The van der Waals surface area contributed by atoms with Crippen molar-refractivity contribution in [3.8, 4) is 5.75 Å². The van der Waals surface area contributed by atoms with Gasteiger partial charge in [-0.3, -0.25) is 0 Å². The molecule has 0 saturated heterocycles. The molecule has 0 spiro atoms. The Balaban J connectivity index is 2.03. The molecule has 2 rings (SSSR count). The minimum absolute atomic E-state index is 0.106. The fraction of sp³-hybridized carbons (Fsp3) is 0.368. The third kappa shape index (κ3) is 4.82. The number of para-hydroxylation sites is 1. The number of hydrogen-bond acceptors (Lipinski definition) is 3. The Morgan fingerprint density at radius 2 is 1.71 bits per heavy atom. The molecule has 0 radical (unpaired) electrons. The first-order valence-corrected chi connectivity index (χ1v) is 11.1. The number of halogens is 1. The van der Waals surface area contributed by atoms with E-state index in [9.17, 15) is 4.39 Å². The van der Waals surface area contributed by atoms with Gasteiger partial charge in [0, 0.05) is 17.8 Å². The van der Waals surface area contributed by atoms with E-state index in [0.29, 0.717) is 12.1 Å². The topological polar surface area (TPSA) is 33.3 Å². The molecule has 0 aliphatic heterocycles. The van der Waals surface area contributed by atoms with Crippen LogP contribution in [0.5, 0.6) is 5.75 Å². The van der Waals surface area contributed by atoms with Gasteiger partial charge in [0.05, 0.1) is 0 Å². The minimum Gasteiger partial charge on any atom is -0.543 e. The van der Waals surface area contributed by atoms with Gasteiger partial charge in [-0.2, -0.15) is 0 Å². The second-order valence-electron chi connectivity index (χ2n) is 7.46. The quantitative estimate of drug-likeness (QED) is 0.548. The van der Waals surface area contributed by atoms with Crippen LogP contribution in [-0.4, -0.2) is 8.32 Å². The van der Waals surface area contributed by atoms with E-state index in [1.165, 1.54) is 6.07 Å². The maximum atomic E-state index is 14.1. The second-order valence-corrected chi connectivity index (χ2v) is 12.2. The zero-order valence-electron chi connectivity index (χ0n) is 15.1. The van der Waals surface area contributed by atoms with Crippen LogP contribution < -0.4 is 15.3 Å². The number of rotatable bonds is 6. The maximum Gasteiger partial charge on any atom is 0.250 e. The normalized spacial score (nSPS) is 12.1. The van der Waals surface area contributed by atoms with Crippen molar-refractivity contribution >= 4 is 14.0 Å². The Morgan fingerprint density at radius 1 is 1.04 bits per heavy atom. The van der Waals surface area contributed by atoms with Crippen molar-refractivity contribution in [1.29, 1.82) is 0 Å². The van der Waals surface area contributed by atoms with Gasteiger partial charge >= 0.3 is 0 Å². The summed E-state index contributed by atoms with van der Waals surface area (Å²) < 4.78 is 20.3. The molecule has 0 fully saturated rings. The Kier molecular flexibility index (Phi) is 5.67. The lowest BCUT2D eigenvalue weighted by atomic mass is 10.2. The molecule has 0 amide bonds. The van der Waals surface area contributed by atoms with E-state index in [0.717, 1.165) is 11.4 Å². The molecule has 0 atom stereocenters. The van der Waals surface area contributed by atoms with Gasteiger partial charge < -0.3 is 9.85 Å². The Morgan fingerprint density at radius 3 is 2.33 bits per heavy atom. The molecule has 2 N–H and O–H groups in total. The number of hydrazine groups is 1. The van der Waals surface area contributed by atoms with Crippen LogP contribution in [0.25, 0.3) is 0 Å². The molecule has 24 heavy (non-hydrogen) atoms. The van der Waals surface area contributed by atoms with E-state index >= 15 is 0 Å². The molecule has 130 valence electrons. The van der Waals surface area contributed by atoms with Gasteiger partial charge in [-0.05, 0) is 48.5 Å². The summed E-state index contributed by atoms with van der Waals surface area (Å²) in [5.41, 5.74) is 7.62. The standard InChI is InChI=1S/C19H27FN2OSi/c1-19(2,3)24(4,5)23-17-11-12-18(20)15(13-17)14-21-22-16-9-7-6-8-10-16/h6-13,21-22H,14H2,1-5H3. The fourth-order valence-corrected chi connectivity index (χ4v) is 2.98. The third-order valence-electron chi connectivity index (χ3n) is 4.48. The first-order valence-electron chi connectivity index (χ1n) is 8.20. The van der Waals surface area contributed by atoms with Crippen LogP contribution in [0.15, 0.2) is 48.5 Å². The van der Waals surface area contributed by atoms with Crippen LogP contribution in [0.2, 0.25) is 18.1 Å². The summed E-state index contributed by atoms with van der Waals surface area (Å²) in [4.78, 5) is 0. The molecule has 0 aliphatic rings. The van der Waals surface area contributed by atoms with E-state index in [2.05, 4.69) is 44.7 Å². The van der Waals surface area contributed by atoms with E-state index in [1.807, 2.05) is 30.3 Å². The predicted octanol–water partition coefficient (Wildman–Crippen LogP) is 5.33. The van der Waals surface area contributed by atoms with Crippen LogP contribution >= 0.6 is 0 Å². The summed E-state index contributed by atoms with van der Waals surface area (Å²) in [6, 6.07) is 14.7. The molecule has 0 saturated carbocycles. The van der Waals surface area contributed by atoms with Crippen molar-refractivity contribution in [2.75, 3.05) is 5.43 Å². The molecule has 0 heterocycles. The SMILES string of the molecule is CC(C)(C)[Si](C)(C)Oc1ccc(F)c(CNNc2ccccc2)c1. The number of hydrogen-bond donors (Lipinski definition) is 2. The monoisotopic (exact) mass is 346 g/mol. The first kappa shape index (κ1) is 18.5. The molecule has 0 bridgehead atoms. The highest BCUT2D eigenvalue weighted by Gasteiger charge is 2.39. The van der Waals surface area contributed by atoms with E-state index in [1.54, 1.807) is 12.1 Å². The van der Waals surface area contributed by atoms with Crippen molar-refractivity contribution in [2.45, 2.75) is 45.4 Å². The summed E-state index contributed by atoms with van der Waals surface area (Å²) in [6.07, 6.45) is 0. The Hall–Kier alpha value is -1.85. The molecule has 2 aromatic carbocycles. The fourth-order valence-electron chi connectivity index (χ4n) is 1.96. The van der Waals surface area contributed by atoms with Crippen LogP contribution in [0.4, 0.5) is 10.1 Å². The number of nitrogens with one attached hydrogen (secondary N) is 2. The summed E-state index contributed by atoms with van der Waals surface area (Å²) in [7, 11) is -1.93. The largest absolute Gasteiger partial charge is 0.543 e. The van der Waals surface area contributed by atoms with Crippen molar-refractivity contribution in [3.63, 3.8) is 0 Å². The van der Waals surface area contributed by atoms with Gasteiger partial charge in [0.2, 0.25) is 8.32 Å². The lowest BCUT2D eigenvalue weighted by molar-refractivity contribution is 0.488. The van der Waals surface area contributed by atoms with Crippen molar-refractivity contribution in [2.24, 2.45) is 0 Å². The Labute approximate surface area is 145 Å². The molecule has 0 unspecified atom stereocenters. The molecule has 0 aliphatic carbocycles. The third-order valence-corrected chi connectivity index (χ3v) is 8.84. The molecular weight excluding hydrogens is 319 g/mol. The van der Waals surface area contributed by atoms with Gasteiger partial charge in [0.15, 0.2) is 0 Å². The second kappa shape index (κ2) is 7.36. The number of benzene rings is 2. The minimum atomic E-state index is -1.93. The zero-order valence-corrected chi connectivity index (χ0v) is 16.1.